The van der Waals surface area contributed by atoms with Gasteiger partial charge in [0.25, 0.3) is 0 Å². The molecule has 0 aliphatic carbocycles. The smallest absolute Gasteiger partial charge is 0.220 e. The van der Waals surface area contributed by atoms with Crippen molar-refractivity contribution in [1.29, 1.82) is 0 Å². The van der Waals surface area contributed by atoms with Crippen LogP contribution in [0.5, 0.6) is 0 Å². The maximum Gasteiger partial charge on any atom is 0.220 e. The maximum atomic E-state index is 12.4. The third kappa shape index (κ3) is 39.6. The summed E-state index contributed by atoms with van der Waals surface area (Å²) in [4.78, 5) is 12.4. The fraction of sp³-hybridized carbons (Fsp3) is 0.851. The van der Waals surface area contributed by atoms with Crippen molar-refractivity contribution in [3.63, 3.8) is 0 Å². The molecule has 0 aromatic rings. The van der Waals surface area contributed by atoms with E-state index >= 15 is 0 Å². The third-order valence-corrected chi connectivity index (χ3v) is 10.3. The number of nitrogens with one attached hydrogen (secondary N) is 1. The zero-order chi connectivity index (χ0) is 37.1. The van der Waals surface area contributed by atoms with Gasteiger partial charge >= 0.3 is 0 Å². The highest BCUT2D eigenvalue weighted by molar-refractivity contribution is 5.76. The second kappa shape index (κ2) is 43.0. The number of hydrogen-bond donors (Lipinski definition) is 3. The number of amides is 1. The Morgan fingerprint density at radius 3 is 1.14 bits per heavy atom. The maximum absolute atomic E-state index is 12.4. The molecule has 0 aliphatic heterocycles. The molecule has 0 heterocycles. The molecule has 0 radical (unpaired) electrons. The first kappa shape index (κ1) is 49.6. The van der Waals surface area contributed by atoms with Gasteiger partial charge in [0, 0.05) is 6.42 Å². The van der Waals surface area contributed by atoms with Gasteiger partial charge in [-0.15, -0.1) is 0 Å². The summed E-state index contributed by atoms with van der Waals surface area (Å²) < 4.78 is 0. The Bertz CT molecular complexity index is 775. The van der Waals surface area contributed by atoms with E-state index in [0.717, 1.165) is 32.1 Å². The van der Waals surface area contributed by atoms with Gasteiger partial charge in [-0.2, -0.15) is 0 Å². The lowest BCUT2D eigenvalue weighted by Crippen LogP contribution is -2.45. The summed E-state index contributed by atoms with van der Waals surface area (Å²) in [6, 6.07) is -0.638. The van der Waals surface area contributed by atoms with E-state index in [1.807, 2.05) is 6.08 Å². The van der Waals surface area contributed by atoms with Crippen LogP contribution in [0.4, 0.5) is 0 Å². The Balaban J connectivity index is 3.55. The zero-order valence-electron chi connectivity index (χ0n) is 34.4. The van der Waals surface area contributed by atoms with Gasteiger partial charge in [-0.1, -0.05) is 211 Å². The first-order valence-corrected chi connectivity index (χ1v) is 22.7. The van der Waals surface area contributed by atoms with Crippen molar-refractivity contribution < 1.29 is 15.0 Å². The lowest BCUT2D eigenvalue weighted by molar-refractivity contribution is -0.123. The van der Waals surface area contributed by atoms with Crippen molar-refractivity contribution in [2.75, 3.05) is 6.61 Å². The van der Waals surface area contributed by atoms with E-state index in [2.05, 4.69) is 43.5 Å². The van der Waals surface area contributed by atoms with Gasteiger partial charge in [0.05, 0.1) is 18.8 Å². The molecular weight excluding hydrogens is 627 g/mol. The number of unbranched alkanes of at least 4 members (excludes halogenated alkanes) is 30. The van der Waals surface area contributed by atoms with Crippen LogP contribution in [0.15, 0.2) is 36.5 Å². The molecule has 0 rings (SSSR count). The molecule has 0 aromatic carbocycles. The summed E-state index contributed by atoms with van der Waals surface area (Å²) in [6.45, 7) is 4.30. The summed E-state index contributed by atoms with van der Waals surface area (Å²) >= 11 is 0. The largest absolute Gasteiger partial charge is 0.394 e. The van der Waals surface area contributed by atoms with Crippen LogP contribution in [0.25, 0.3) is 0 Å². The zero-order valence-corrected chi connectivity index (χ0v) is 34.4. The van der Waals surface area contributed by atoms with E-state index < -0.39 is 12.1 Å². The van der Waals surface area contributed by atoms with Crippen molar-refractivity contribution in [2.24, 2.45) is 0 Å². The van der Waals surface area contributed by atoms with Crippen LogP contribution < -0.4 is 5.32 Å². The van der Waals surface area contributed by atoms with Crippen molar-refractivity contribution in [1.82, 2.24) is 5.32 Å². The van der Waals surface area contributed by atoms with Crippen LogP contribution in [-0.4, -0.2) is 34.9 Å². The van der Waals surface area contributed by atoms with Gasteiger partial charge in [-0.25, -0.2) is 0 Å². The quantitative estimate of drug-likeness (QED) is 0.0436. The molecule has 2 atom stereocenters. The van der Waals surface area contributed by atoms with Crippen LogP contribution in [0.1, 0.15) is 239 Å². The van der Waals surface area contributed by atoms with Gasteiger partial charge in [0.2, 0.25) is 5.91 Å². The van der Waals surface area contributed by atoms with Gasteiger partial charge < -0.3 is 15.5 Å². The first-order valence-electron chi connectivity index (χ1n) is 22.7. The van der Waals surface area contributed by atoms with Gasteiger partial charge in [0.15, 0.2) is 0 Å². The molecule has 0 saturated carbocycles. The number of hydrogen-bond acceptors (Lipinski definition) is 3. The number of carbonyl (C=O) groups excluding carboxylic acids is 1. The molecule has 0 spiro atoms. The average Bonchev–Trinajstić information content (AvgIpc) is 3.13. The molecule has 0 bridgehead atoms. The van der Waals surface area contributed by atoms with E-state index in [4.69, 9.17) is 0 Å². The molecule has 4 nitrogen and oxygen atoms in total. The van der Waals surface area contributed by atoms with Crippen LogP contribution >= 0.6 is 0 Å². The number of allylic oxidation sites excluding steroid dienone is 5. The van der Waals surface area contributed by atoms with Crippen LogP contribution in [-0.2, 0) is 4.79 Å². The number of aliphatic hydroxyl groups excluding tert-OH is 2. The van der Waals surface area contributed by atoms with Gasteiger partial charge in [-0.3, -0.25) is 4.79 Å². The highest BCUT2D eigenvalue weighted by Gasteiger charge is 2.17. The number of carbonyl (C=O) groups is 1. The highest BCUT2D eigenvalue weighted by Crippen LogP contribution is 2.15. The molecule has 0 aliphatic rings. The molecule has 51 heavy (non-hydrogen) atoms. The molecule has 3 N–H and O–H groups in total. The molecule has 0 fully saturated rings. The van der Waals surface area contributed by atoms with E-state index in [0.29, 0.717) is 6.42 Å². The number of aliphatic hydroxyl groups is 2. The Kier molecular flexibility index (Phi) is 41.8. The SMILES string of the molecule is CCCCCCCCCC/C=C/CC/C=C/C(O)C(CO)NC(=O)CCCCCCCCCCC/C=C\CCCCCCCCCCCCCC. The highest BCUT2D eigenvalue weighted by atomic mass is 16.3. The second-order valence-corrected chi connectivity index (χ2v) is 15.5. The molecule has 1 amide bonds. The van der Waals surface area contributed by atoms with E-state index in [-0.39, 0.29) is 12.5 Å². The minimum Gasteiger partial charge on any atom is -0.394 e. The Hall–Kier alpha value is -1.39. The predicted molar refractivity (Wildman–Crippen MR) is 225 cm³/mol. The van der Waals surface area contributed by atoms with E-state index in [1.165, 1.54) is 186 Å². The van der Waals surface area contributed by atoms with E-state index in [1.54, 1.807) is 6.08 Å². The Morgan fingerprint density at radius 1 is 0.451 bits per heavy atom. The molecule has 0 saturated heterocycles. The summed E-state index contributed by atoms with van der Waals surface area (Å²) in [5, 5.41) is 23.0. The second-order valence-electron chi connectivity index (χ2n) is 15.5. The first-order chi connectivity index (χ1) is 25.2. The summed E-state index contributed by atoms with van der Waals surface area (Å²) in [5.74, 6) is -0.0754. The summed E-state index contributed by atoms with van der Waals surface area (Å²) in [7, 11) is 0. The Morgan fingerprint density at radius 2 is 0.765 bits per heavy atom. The normalized spacial score (nSPS) is 13.3. The predicted octanol–water partition coefficient (Wildman–Crippen LogP) is 14.2. The standard InChI is InChI=1S/C47H89NO3/c1-3-5-7-9-11-13-15-17-19-20-21-22-23-24-25-26-27-28-29-31-33-35-37-39-41-43-47(51)48-45(44-49)46(50)42-40-38-36-34-32-30-18-16-14-12-10-8-6-4-2/h24-25,32,34,40,42,45-46,49-50H,3-23,26-31,33,35-39,41,43-44H2,1-2H3,(H,48,51)/b25-24-,34-32+,42-40+. The molecule has 4 heteroatoms. The lowest BCUT2D eigenvalue weighted by atomic mass is 10.0. The minimum absolute atomic E-state index is 0.0754. The summed E-state index contributed by atoms with van der Waals surface area (Å²) in [6.07, 6.45) is 56.9. The fourth-order valence-corrected chi connectivity index (χ4v) is 6.84. The fourth-order valence-electron chi connectivity index (χ4n) is 6.84. The monoisotopic (exact) mass is 716 g/mol. The summed E-state index contributed by atoms with van der Waals surface area (Å²) in [5.41, 5.74) is 0. The van der Waals surface area contributed by atoms with Crippen LogP contribution in [0.3, 0.4) is 0 Å². The van der Waals surface area contributed by atoms with Gasteiger partial charge in [-0.05, 0) is 57.8 Å². The molecule has 300 valence electrons. The Labute approximate surface area is 319 Å². The van der Waals surface area contributed by atoms with Crippen molar-refractivity contribution in [3.8, 4) is 0 Å². The van der Waals surface area contributed by atoms with Crippen molar-refractivity contribution in [2.45, 2.75) is 251 Å². The van der Waals surface area contributed by atoms with Crippen molar-refractivity contribution in [3.05, 3.63) is 36.5 Å². The lowest BCUT2D eigenvalue weighted by Gasteiger charge is -2.19. The van der Waals surface area contributed by atoms with Crippen molar-refractivity contribution >= 4 is 5.91 Å². The molecule has 2 unspecified atom stereocenters. The van der Waals surface area contributed by atoms with Crippen LogP contribution in [0, 0.1) is 0 Å². The third-order valence-electron chi connectivity index (χ3n) is 10.3. The minimum atomic E-state index is -0.861. The van der Waals surface area contributed by atoms with Crippen LogP contribution in [0.2, 0.25) is 0 Å². The van der Waals surface area contributed by atoms with Gasteiger partial charge in [0.1, 0.15) is 0 Å². The van der Waals surface area contributed by atoms with E-state index in [9.17, 15) is 15.0 Å². The topological polar surface area (TPSA) is 69.6 Å². The number of rotatable bonds is 41. The molecule has 0 aromatic heterocycles. The average molecular weight is 716 g/mol. The molecular formula is C47H89NO3.